The Hall–Kier alpha value is -2.30. The van der Waals surface area contributed by atoms with E-state index in [4.69, 9.17) is 0 Å². The van der Waals surface area contributed by atoms with Crippen LogP contribution in [0, 0.1) is 6.92 Å². The van der Waals surface area contributed by atoms with Gasteiger partial charge in [0.15, 0.2) is 0 Å². The first-order valence-electron chi connectivity index (χ1n) is 8.41. The van der Waals surface area contributed by atoms with Gasteiger partial charge in [0.25, 0.3) is 0 Å². The van der Waals surface area contributed by atoms with E-state index < -0.39 is 0 Å². The number of fused-ring (bicyclic) bond motifs is 1. The molecule has 1 amide bonds. The lowest BCUT2D eigenvalue weighted by molar-refractivity contribution is -0.116. The molecule has 5 nitrogen and oxygen atoms in total. The van der Waals surface area contributed by atoms with Crippen LogP contribution in [0.3, 0.4) is 0 Å². The van der Waals surface area contributed by atoms with E-state index in [2.05, 4.69) is 45.5 Å². The Morgan fingerprint density at radius 2 is 2.00 bits per heavy atom. The van der Waals surface area contributed by atoms with Crippen molar-refractivity contribution in [2.45, 2.75) is 38.5 Å². The zero-order valence-corrected chi connectivity index (χ0v) is 13.4. The number of hydrogen-bond donors (Lipinski definition) is 2. The summed E-state index contributed by atoms with van der Waals surface area (Å²) in [6.45, 7) is 4.45. The zero-order valence-electron chi connectivity index (χ0n) is 13.4. The summed E-state index contributed by atoms with van der Waals surface area (Å²) in [7, 11) is 0. The van der Waals surface area contributed by atoms with E-state index in [0.717, 1.165) is 24.5 Å². The topological polar surface area (TPSA) is 61.0 Å². The fourth-order valence-electron chi connectivity index (χ4n) is 3.82. The normalized spacial score (nSPS) is 21.0. The Labute approximate surface area is 136 Å². The summed E-state index contributed by atoms with van der Waals surface area (Å²) in [5.74, 6) is 0.880. The summed E-state index contributed by atoms with van der Waals surface area (Å²) in [5.41, 5.74) is 4.86. The number of carbonyl (C=O) groups excluding carboxylic acids is 1. The summed E-state index contributed by atoms with van der Waals surface area (Å²) in [5, 5.41) is 9.82. The molecule has 5 heteroatoms. The molecule has 2 aliphatic heterocycles. The van der Waals surface area contributed by atoms with Crippen LogP contribution in [0.25, 0.3) is 0 Å². The van der Waals surface area contributed by atoms with Crippen molar-refractivity contribution in [3.8, 4) is 0 Å². The number of nitrogens with one attached hydrogen (secondary N) is 2. The quantitative estimate of drug-likeness (QED) is 0.895. The second-order valence-corrected chi connectivity index (χ2v) is 6.59. The molecule has 1 atom stereocenters. The van der Waals surface area contributed by atoms with Gasteiger partial charge in [-0.05, 0) is 49.4 Å². The highest BCUT2D eigenvalue weighted by Gasteiger charge is 2.29. The summed E-state index contributed by atoms with van der Waals surface area (Å²) in [6.07, 6.45) is 6.21. The maximum Gasteiger partial charge on any atom is 0.226 e. The standard InChI is InChI=1S/C18H22N4O/c1-12-9-13(22-7-3-2-4-8-22)5-6-14(12)15-10-17(23)20-18-16(15)11-19-21-18/h5-6,9,11,15H,2-4,7-8,10H2,1H3,(H2,19,20,21,23). The largest absolute Gasteiger partial charge is 0.372 e. The van der Waals surface area contributed by atoms with Crippen LogP contribution >= 0.6 is 0 Å². The Balaban J connectivity index is 1.66. The van der Waals surface area contributed by atoms with Crippen LogP contribution in [0.15, 0.2) is 24.4 Å². The predicted octanol–water partition coefficient (Wildman–Crippen LogP) is 3.18. The van der Waals surface area contributed by atoms with Gasteiger partial charge < -0.3 is 10.2 Å². The van der Waals surface area contributed by atoms with E-state index in [9.17, 15) is 4.79 Å². The predicted molar refractivity (Wildman–Crippen MR) is 90.9 cm³/mol. The number of benzene rings is 1. The molecule has 0 aliphatic carbocycles. The lowest BCUT2D eigenvalue weighted by atomic mass is 9.85. The molecule has 1 saturated heterocycles. The molecule has 0 radical (unpaired) electrons. The Bertz CT molecular complexity index is 730. The van der Waals surface area contributed by atoms with Gasteiger partial charge in [-0.3, -0.25) is 9.89 Å². The van der Waals surface area contributed by atoms with Crippen LogP contribution < -0.4 is 10.2 Å². The van der Waals surface area contributed by atoms with Crippen LogP contribution in [-0.2, 0) is 4.79 Å². The van der Waals surface area contributed by atoms with E-state index in [1.807, 2.05) is 6.20 Å². The Morgan fingerprint density at radius 3 is 2.78 bits per heavy atom. The van der Waals surface area contributed by atoms with Gasteiger partial charge in [0, 0.05) is 36.7 Å². The molecule has 0 saturated carbocycles. The molecule has 3 heterocycles. The molecular weight excluding hydrogens is 288 g/mol. The number of piperidine rings is 1. The summed E-state index contributed by atoms with van der Waals surface area (Å²) >= 11 is 0. The maximum absolute atomic E-state index is 12.0. The third-order valence-electron chi connectivity index (χ3n) is 5.05. The van der Waals surface area contributed by atoms with E-state index >= 15 is 0 Å². The van der Waals surface area contributed by atoms with Crippen LogP contribution in [-0.4, -0.2) is 29.2 Å². The first kappa shape index (κ1) is 14.3. The molecule has 23 heavy (non-hydrogen) atoms. The number of aromatic amines is 1. The van der Waals surface area contributed by atoms with E-state index in [1.54, 1.807) is 0 Å². The molecule has 1 unspecified atom stereocenters. The molecule has 2 aromatic rings. The highest BCUT2D eigenvalue weighted by Crippen LogP contribution is 2.38. The van der Waals surface area contributed by atoms with Gasteiger partial charge in [0.05, 0.1) is 6.20 Å². The minimum absolute atomic E-state index is 0.0475. The molecular formula is C18H22N4O. The number of H-pyrrole nitrogens is 1. The number of nitrogens with zero attached hydrogens (tertiary/aromatic N) is 2. The van der Waals surface area contributed by atoms with Crippen molar-refractivity contribution >= 4 is 17.4 Å². The summed E-state index contributed by atoms with van der Waals surface area (Å²) in [4.78, 5) is 14.4. The van der Waals surface area contributed by atoms with Gasteiger partial charge in [0.1, 0.15) is 5.82 Å². The molecule has 0 bridgehead atoms. The van der Waals surface area contributed by atoms with Gasteiger partial charge in [-0.25, -0.2) is 0 Å². The maximum atomic E-state index is 12.0. The molecule has 1 fully saturated rings. The third kappa shape index (κ3) is 2.60. The number of aromatic nitrogens is 2. The monoisotopic (exact) mass is 310 g/mol. The lowest BCUT2D eigenvalue weighted by Gasteiger charge is -2.30. The van der Waals surface area contributed by atoms with E-state index in [-0.39, 0.29) is 11.8 Å². The molecule has 4 rings (SSSR count). The lowest BCUT2D eigenvalue weighted by Crippen LogP contribution is -2.29. The number of rotatable bonds is 2. The van der Waals surface area contributed by atoms with Crippen LogP contribution in [0.2, 0.25) is 0 Å². The van der Waals surface area contributed by atoms with Crippen LogP contribution in [0.4, 0.5) is 11.5 Å². The first-order chi connectivity index (χ1) is 11.2. The summed E-state index contributed by atoms with van der Waals surface area (Å²) < 4.78 is 0. The van der Waals surface area contributed by atoms with Gasteiger partial charge in [-0.2, -0.15) is 5.10 Å². The first-order valence-corrected chi connectivity index (χ1v) is 8.41. The highest BCUT2D eigenvalue weighted by atomic mass is 16.1. The minimum atomic E-state index is 0.0475. The number of aryl methyl sites for hydroxylation is 1. The molecule has 1 aromatic heterocycles. The number of amides is 1. The Morgan fingerprint density at radius 1 is 1.17 bits per heavy atom. The smallest absolute Gasteiger partial charge is 0.226 e. The second kappa shape index (κ2) is 5.72. The van der Waals surface area contributed by atoms with E-state index in [0.29, 0.717) is 6.42 Å². The van der Waals surface area contributed by atoms with Crippen LogP contribution in [0.1, 0.15) is 48.3 Å². The van der Waals surface area contributed by atoms with Crippen molar-refractivity contribution in [1.82, 2.24) is 10.2 Å². The Kier molecular flexibility index (Phi) is 3.56. The van der Waals surface area contributed by atoms with Crippen molar-refractivity contribution in [1.29, 1.82) is 0 Å². The average Bonchev–Trinajstić information content (AvgIpc) is 3.03. The fraction of sp³-hybridized carbons (Fsp3) is 0.444. The fourth-order valence-corrected chi connectivity index (χ4v) is 3.82. The van der Waals surface area contributed by atoms with Crippen molar-refractivity contribution in [2.24, 2.45) is 0 Å². The van der Waals surface area contributed by atoms with Gasteiger partial charge in [0.2, 0.25) is 5.91 Å². The molecule has 1 aromatic carbocycles. The average molecular weight is 310 g/mol. The van der Waals surface area contributed by atoms with Crippen LogP contribution in [0.5, 0.6) is 0 Å². The summed E-state index contributed by atoms with van der Waals surface area (Å²) in [6, 6.07) is 6.67. The molecule has 2 N–H and O–H groups in total. The van der Waals surface area contributed by atoms with Gasteiger partial charge in [-0.1, -0.05) is 6.07 Å². The second-order valence-electron chi connectivity index (χ2n) is 6.59. The van der Waals surface area contributed by atoms with Crippen molar-refractivity contribution in [3.05, 3.63) is 41.1 Å². The molecule has 2 aliphatic rings. The van der Waals surface area contributed by atoms with Crippen molar-refractivity contribution in [2.75, 3.05) is 23.3 Å². The van der Waals surface area contributed by atoms with Crippen molar-refractivity contribution < 1.29 is 4.79 Å². The molecule has 120 valence electrons. The number of hydrogen-bond acceptors (Lipinski definition) is 3. The highest BCUT2D eigenvalue weighted by molar-refractivity contribution is 5.94. The number of carbonyl (C=O) groups is 1. The SMILES string of the molecule is Cc1cc(N2CCCCC2)ccc1C1CC(=O)Nc2[nH]ncc21. The van der Waals surface area contributed by atoms with Crippen molar-refractivity contribution in [3.63, 3.8) is 0 Å². The third-order valence-corrected chi connectivity index (χ3v) is 5.05. The van der Waals surface area contributed by atoms with Gasteiger partial charge >= 0.3 is 0 Å². The van der Waals surface area contributed by atoms with Gasteiger partial charge in [-0.15, -0.1) is 0 Å². The minimum Gasteiger partial charge on any atom is -0.372 e. The van der Waals surface area contributed by atoms with E-state index in [1.165, 1.54) is 36.1 Å². The molecule has 0 spiro atoms. The zero-order chi connectivity index (χ0) is 15.8. The number of anilines is 2.